The van der Waals surface area contributed by atoms with Crippen molar-refractivity contribution in [3.8, 4) is 10.6 Å². The van der Waals surface area contributed by atoms with E-state index in [2.05, 4.69) is 46.1 Å². The molecule has 1 aliphatic heterocycles. The minimum Gasteiger partial charge on any atom is -0.367 e. The van der Waals surface area contributed by atoms with Gasteiger partial charge in [0.15, 0.2) is 5.65 Å². The van der Waals surface area contributed by atoms with Crippen molar-refractivity contribution < 1.29 is 4.79 Å². The predicted octanol–water partition coefficient (Wildman–Crippen LogP) is 1.11. The van der Waals surface area contributed by atoms with Crippen LogP contribution in [0.1, 0.15) is 41.9 Å². The average molecular weight is 505 g/mol. The molecule has 2 atom stereocenters. The van der Waals surface area contributed by atoms with Crippen LogP contribution in [0.4, 0.5) is 5.82 Å². The summed E-state index contributed by atoms with van der Waals surface area (Å²) in [5.41, 5.74) is 1.87. The van der Waals surface area contributed by atoms with Gasteiger partial charge in [0.1, 0.15) is 5.82 Å². The van der Waals surface area contributed by atoms with E-state index in [9.17, 15) is 9.59 Å². The van der Waals surface area contributed by atoms with Crippen LogP contribution in [-0.2, 0) is 0 Å². The van der Waals surface area contributed by atoms with E-state index in [0.29, 0.717) is 40.4 Å². The van der Waals surface area contributed by atoms with Gasteiger partial charge in [0, 0.05) is 42.8 Å². The summed E-state index contributed by atoms with van der Waals surface area (Å²) in [6.07, 6.45) is 5.78. The molecule has 1 saturated carbocycles. The average Bonchev–Trinajstić information content (AvgIpc) is 3.22. The third-order valence-corrected chi connectivity index (χ3v) is 7.58. The van der Waals surface area contributed by atoms with E-state index in [-0.39, 0.29) is 23.7 Å². The van der Waals surface area contributed by atoms with Crippen LogP contribution in [0.2, 0.25) is 0 Å². The molecule has 2 aliphatic rings. The molecular formula is C25H28N8O2S. The van der Waals surface area contributed by atoms with Crippen molar-refractivity contribution in [1.82, 2.24) is 34.8 Å². The Kier molecular flexibility index (Phi) is 5.53. The molecule has 2 unspecified atom stereocenters. The van der Waals surface area contributed by atoms with Crippen molar-refractivity contribution in [3.05, 3.63) is 56.0 Å². The molecule has 0 aromatic carbocycles. The summed E-state index contributed by atoms with van der Waals surface area (Å²) in [7, 11) is 0. The van der Waals surface area contributed by atoms with Crippen molar-refractivity contribution in [1.29, 1.82) is 0 Å². The number of imidazole rings is 1. The van der Waals surface area contributed by atoms with E-state index in [1.54, 1.807) is 10.7 Å². The summed E-state index contributed by atoms with van der Waals surface area (Å²) >= 11 is 1.46. The van der Waals surface area contributed by atoms with E-state index in [4.69, 9.17) is 4.98 Å². The Morgan fingerprint density at radius 1 is 1.22 bits per heavy atom. The molecule has 10 nitrogen and oxygen atoms in total. The van der Waals surface area contributed by atoms with Gasteiger partial charge in [-0.25, -0.2) is 9.78 Å². The van der Waals surface area contributed by atoms with Gasteiger partial charge >= 0.3 is 5.69 Å². The molecular weight excluding hydrogens is 476 g/mol. The largest absolute Gasteiger partial charge is 0.367 e. The summed E-state index contributed by atoms with van der Waals surface area (Å²) in [6.45, 7) is 9.48. The SMILES string of the molecule is C=c1[nH]c(=O)[nH]/c1=C\c1cnn2c(NC3CC3)cc(-c3ccc(C(=O)N4CC(C)NC(C)C4)s3)nc12. The Morgan fingerprint density at radius 2 is 2.00 bits per heavy atom. The second-order valence-electron chi connectivity index (χ2n) is 9.74. The fraction of sp³-hybridized carbons (Fsp3) is 0.360. The van der Waals surface area contributed by atoms with Crippen LogP contribution < -0.4 is 27.0 Å². The minimum atomic E-state index is -0.309. The van der Waals surface area contributed by atoms with Crippen LogP contribution in [0.15, 0.2) is 29.2 Å². The molecule has 0 radical (unpaired) electrons. The molecule has 36 heavy (non-hydrogen) atoms. The number of aromatic amines is 2. The Balaban J connectivity index is 1.40. The number of H-pyrrole nitrogens is 2. The lowest BCUT2D eigenvalue weighted by molar-refractivity contribution is 0.0678. The zero-order valence-electron chi connectivity index (χ0n) is 20.2. The van der Waals surface area contributed by atoms with Gasteiger partial charge in [-0.15, -0.1) is 11.3 Å². The number of carbonyl (C=O) groups is 1. The quantitative estimate of drug-likeness (QED) is 0.323. The molecule has 4 aromatic heterocycles. The summed E-state index contributed by atoms with van der Waals surface area (Å²) in [6, 6.07) is 6.80. The molecule has 0 spiro atoms. The molecule has 1 saturated heterocycles. The standard InChI is InChI=1S/C25H28N8O2S/c1-13-11-32(12-14(2)27-13)24(34)21-7-6-20(36-21)19-9-22(29-17-4-5-17)33-23(30-19)16(10-26-33)8-18-15(3)28-25(35)31-18/h6-10,13-14,17,27,29H,3-5,11-12H2,1-2H3,(H2,28,31,35)/b18-8-. The Labute approximate surface area is 210 Å². The van der Waals surface area contributed by atoms with Gasteiger partial charge in [-0.3, -0.25) is 4.79 Å². The number of rotatable bonds is 5. The lowest BCUT2D eigenvalue weighted by Crippen LogP contribution is -2.55. The fourth-order valence-electron chi connectivity index (χ4n) is 4.70. The van der Waals surface area contributed by atoms with Crippen molar-refractivity contribution in [2.75, 3.05) is 18.4 Å². The van der Waals surface area contributed by atoms with Crippen molar-refractivity contribution in [2.45, 2.75) is 44.8 Å². The summed E-state index contributed by atoms with van der Waals surface area (Å²) in [4.78, 5) is 38.8. The van der Waals surface area contributed by atoms with Gasteiger partial charge in [0.25, 0.3) is 5.91 Å². The molecule has 6 rings (SSSR count). The van der Waals surface area contributed by atoms with Gasteiger partial charge in [0.2, 0.25) is 0 Å². The van der Waals surface area contributed by atoms with Gasteiger partial charge < -0.3 is 25.5 Å². The number of piperazine rings is 1. The van der Waals surface area contributed by atoms with Crippen molar-refractivity contribution in [3.63, 3.8) is 0 Å². The first-order chi connectivity index (χ1) is 17.3. The van der Waals surface area contributed by atoms with Gasteiger partial charge in [-0.05, 0) is 44.9 Å². The molecule has 11 heteroatoms. The second-order valence-corrected chi connectivity index (χ2v) is 10.8. The molecule has 4 aromatic rings. The molecule has 5 heterocycles. The number of amides is 1. The number of hydrogen-bond acceptors (Lipinski definition) is 7. The van der Waals surface area contributed by atoms with Crippen molar-refractivity contribution in [2.24, 2.45) is 0 Å². The minimum absolute atomic E-state index is 0.0571. The smallest absolute Gasteiger partial charge is 0.323 e. The number of nitrogens with zero attached hydrogens (tertiary/aromatic N) is 4. The maximum absolute atomic E-state index is 13.2. The second kappa shape index (κ2) is 8.75. The molecule has 4 N–H and O–H groups in total. The highest BCUT2D eigenvalue weighted by atomic mass is 32.1. The predicted molar refractivity (Wildman–Crippen MR) is 141 cm³/mol. The number of nitrogens with one attached hydrogen (secondary N) is 4. The monoisotopic (exact) mass is 504 g/mol. The highest BCUT2D eigenvalue weighted by Gasteiger charge is 2.27. The first-order valence-corrected chi connectivity index (χ1v) is 13.0. The Bertz CT molecular complexity index is 1620. The maximum atomic E-state index is 13.2. The van der Waals surface area contributed by atoms with Crippen LogP contribution in [0.5, 0.6) is 0 Å². The van der Waals surface area contributed by atoms with Crippen LogP contribution in [-0.4, -0.2) is 66.6 Å². The molecule has 1 aliphatic carbocycles. The van der Waals surface area contributed by atoms with Gasteiger partial charge in [-0.1, -0.05) is 6.58 Å². The third-order valence-electron chi connectivity index (χ3n) is 6.48. The number of aromatic nitrogens is 5. The van der Waals surface area contributed by atoms with Gasteiger partial charge in [-0.2, -0.15) is 9.61 Å². The van der Waals surface area contributed by atoms with E-state index in [1.165, 1.54) is 11.3 Å². The van der Waals surface area contributed by atoms with E-state index in [1.807, 2.05) is 29.2 Å². The summed E-state index contributed by atoms with van der Waals surface area (Å²) in [5.74, 6) is 0.905. The topological polar surface area (TPSA) is 123 Å². The van der Waals surface area contributed by atoms with Crippen LogP contribution in [0.25, 0.3) is 28.9 Å². The highest BCUT2D eigenvalue weighted by Crippen LogP contribution is 2.32. The number of hydrogen-bond donors (Lipinski definition) is 4. The molecule has 2 fully saturated rings. The normalized spacial score (nSPS) is 20.8. The van der Waals surface area contributed by atoms with E-state index >= 15 is 0 Å². The zero-order chi connectivity index (χ0) is 25.0. The Morgan fingerprint density at radius 3 is 2.69 bits per heavy atom. The number of fused-ring (bicyclic) bond motifs is 1. The molecule has 1 amide bonds. The Hall–Kier alpha value is -3.70. The fourth-order valence-corrected chi connectivity index (χ4v) is 5.63. The number of carbonyl (C=O) groups excluding carboxylic acids is 1. The van der Waals surface area contributed by atoms with Crippen LogP contribution in [0.3, 0.4) is 0 Å². The first kappa shape index (κ1) is 22.7. The summed E-state index contributed by atoms with van der Waals surface area (Å²) in [5, 5.41) is 12.7. The van der Waals surface area contributed by atoms with E-state index < -0.39 is 0 Å². The highest BCUT2D eigenvalue weighted by molar-refractivity contribution is 7.17. The first-order valence-electron chi connectivity index (χ1n) is 12.1. The van der Waals surface area contributed by atoms with Crippen LogP contribution >= 0.6 is 11.3 Å². The number of thiophene rings is 1. The van der Waals surface area contributed by atoms with Crippen LogP contribution in [0, 0.1) is 0 Å². The maximum Gasteiger partial charge on any atom is 0.323 e. The molecule has 186 valence electrons. The zero-order valence-corrected chi connectivity index (χ0v) is 21.0. The lowest BCUT2D eigenvalue weighted by Gasteiger charge is -2.35. The van der Waals surface area contributed by atoms with Crippen molar-refractivity contribution >= 4 is 41.4 Å². The van der Waals surface area contributed by atoms with E-state index in [0.717, 1.165) is 34.8 Å². The third kappa shape index (κ3) is 4.35. The molecule has 0 bridgehead atoms. The summed E-state index contributed by atoms with van der Waals surface area (Å²) < 4.78 is 1.78. The number of anilines is 1. The van der Waals surface area contributed by atoms with Gasteiger partial charge in [0.05, 0.1) is 32.3 Å². The lowest BCUT2D eigenvalue weighted by atomic mass is 10.1.